The van der Waals surface area contributed by atoms with E-state index >= 15 is 0 Å². The molecule has 21 atom stereocenters. The third-order valence-electron chi connectivity index (χ3n) is 15.2. The Balaban J connectivity index is 1.14. The van der Waals surface area contributed by atoms with Crippen LogP contribution in [0.15, 0.2) is 0 Å². The summed E-state index contributed by atoms with van der Waals surface area (Å²) in [7, 11) is 2.89. The average molecular weight is 761 g/mol. The molecule has 2 saturated heterocycles. The van der Waals surface area contributed by atoms with Crippen LogP contribution < -0.4 is 0 Å². The van der Waals surface area contributed by atoms with Gasteiger partial charge in [-0.3, -0.25) is 0 Å². The Morgan fingerprint density at radius 2 is 1.49 bits per heavy atom. The van der Waals surface area contributed by atoms with Crippen molar-refractivity contribution < 1.29 is 69.3 Å². The van der Waals surface area contributed by atoms with Gasteiger partial charge in [-0.15, -0.1) is 0 Å². The highest BCUT2D eigenvalue weighted by atomic mass is 16.8. The summed E-state index contributed by atoms with van der Waals surface area (Å²) in [6.45, 7) is 10.1. The number of aliphatic hydroxyl groups excluding tert-OH is 7. The van der Waals surface area contributed by atoms with E-state index in [1.807, 2.05) is 20.8 Å². The summed E-state index contributed by atoms with van der Waals surface area (Å²) in [5, 5.41) is 89.2. The van der Waals surface area contributed by atoms with Crippen LogP contribution >= 0.6 is 0 Å². The number of methoxy groups -OCH3 is 2. The Labute approximate surface area is 314 Å². The van der Waals surface area contributed by atoms with E-state index in [0.29, 0.717) is 32.1 Å². The normalized spacial score (nSPS) is 52.5. The van der Waals surface area contributed by atoms with Crippen LogP contribution in [0.2, 0.25) is 0 Å². The van der Waals surface area contributed by atoms with Gasteiger partial charge in [-0.05, 0) is 79.4 Å². The highest BCUT2D eigenvalue weighted by Crippen LogP contribution is 2.70. The van der Waals surface area contributed by atoms with Gasteiger partial charge in [0, 0.05) is 32.5 Å². The SMILES string of the molecule is CO[C@H]1[C@H](O[C@H]2[C@@H](O[C@@H](CC[C@@H](C)[C@H]3C[C@@H](O)[C@@H]4[C@]3(C)CC[C@@H]3[C@@]5(C)CC[C@H](O)[C@H](O)[C@@H]5[C@@H](O)C[C@]34O)C(C)C)O[C@@H](CO)[C@H]2O)OC[C@@H](OC)[C@@H]1O. The first kappa shape index (κ1) is 42.1. The zero-order chi connectivity index (χ0) is 38.8. The van der Waals surface area contributed by atoms with Gasteiger partial charge in [-0.1, -0.05) is 34.6 Å². The lowest BCUT2D eigenvalue weighted by Crippen LogP contribution is -2.70. The molecule has 0 aromatic rings. The summed E-state index contributed by atoms with van der Waals surface area (Å²) in [5.74, 6) is -0.891. The predicted octanol–water partition coefficient (Wildman–Crippen LogP) is 0.702. The molecule has 4 saturated carbocycles. The van der Waals surface area contributed by atoms with Crippen molar-refractivity contribution >= 4 is 0 Å². The number of hydrogen-bond donors (Lipinski definition) is 8. The fourth-order valence-electron chi connectivity index (χ4n) is 12.5. The number of fused-ring (bicyclic) bond motifs is 5. The van der Waals surface area contributed by atoms with Crippen molar-refractivity contribution in [1.29, 1.82) is 0 Å². The predicted molar refractivity (Wildman–Crippen MR) is 189 cm³/mol. The van der Waals surface area contributed by atoms with Crippen LogP contribution in [0.1, 0.15) is 86.0 Å². The van der Waals surface area contributed by atoms with Crippen molar-refractivity contribution in [3.05, 3.63) is 0 Å². The van der Waals surface area contributed by atoms with Crippen molar-refractivity contribution in [2.75, 3.05) is 27.4 Å². The van der Waals surface area contributed by atoms with E-state index < -0.39 is 103 Å². The van der Waals surface area contributed by atoms with E-state index in [1.165, 1.54) is 14.2 Å². The van der Waals surface area contributed by atoms with E-state index in [9.17, 15) is 40.9 Å². The number of ether oxygens (including phenoxy) is 6. The van der Waals surface area contributed by atoms with Crippen LogP contribution in [0.4, 0.5) is 0 Å². The minimum absolute atomic E-state index is 0.0501. The summed E-state index contributed by atoms with van der Waals surface area (Å²) in [4.78, 5) is 0. The summed E-state index contributed by atoms with van der Waals surface area (Å²) >= 11 is 0. The summed E-state index contributed by atoms with van der Waals surface area (Å²) in [6.07, 6.45) is -7.34. The van der Waals surface area contributed by atoms with Crippen LogP contribution in [0.3, 0.4) is 0 Å². The highest BCUT2D eigenvalue weighted by Gasteiger charge is 2.71. The fourth-order valence-corrected chi connectivity index (χ4v) is 12.5. The molecule has 6 aliphatic rings. The largest absolute Gasteiger partial charge is 0.394 e. The second kappa shape index (κ2) is 16.0. The van der Waals surface area contributed by atoms with E-state index in [0.717, 1.165) is 12.8 Å². The quantitative estimate of drug-likeness (QED) is 0.138. The maximum absolute atomic E-state index is 12.7. The van der Waals surface area contributed by atoms with Crippen molar-refractivity contribution in [2.45, 2.75) is 171 Å². The minimum Gasteiger partial charge on any atom is -0.394 e. The van der Waals surface area contributed by atoms with Gasteiger partial charge < -0.3 is 69.3 Å². The van der Waals surface area contributed by atoms with Gasteiger partial charge in [0.05, 0.1) is 49.3 Å². The maximum Gasteiger partial charge on any atom is 0.187 e. The van der Waals surface area contributed by atoms with E-state index in [4.69, 9.17) is 28.4 Å². The van der Waals surface area contributed by atoms with Gasteiger partial charge in [-0.25, -0.2) is 0 Å². The summed E-state index contributed by atoms with van der Waals surface area (Å²) in [6, 6.07) is 0. The molecule has 0 radical (unpaired) electrons. The molecule has 0 aromatic carbocycles. The van der Waals surface area contributed by atoms with Gasteiger partial charge in [0.15, 0.2) is 12.6 Å². The molecule has 0 amide bonds. The van der Waals surface area contributed by atoms with Crippen LogP contribution in [0.5, 0.6) is 0 Å². The Bertz CT molecular complexity index is 1230. The molecule has 14 nitrogen and oxygen atoms in total. The Kier molecular flexibility index (Phi) is 12.7. The molecule has 6 fully saturated rings. The molecule has 308 valence electrons. The molecule has 6 rings (SSSR count). The first-order chi connectivity index (χ1) is 25.0. The lowest BCUT2D eigenvalue weighted by atomic mass is 9.41. The molecule has 2 heterocycles. The lowest BCUT2D eigenvalue weighted by molar-refractivity contribution is -0.313. The van der Waals surface area contributed by atoms with Gasteiger partial charge in [0.1, 0.15) is 36.6 Å². The van der Waals surface area contributed by atoms with Gasteiger partial charge in [-0.2, -0.15) is 0 Å². The Morgan fingerprint density at radius 1 is 0.792 bits per heavy atom. The zero-order valence-corrected chi connectivity index (χ0v) is 32.6. The van der Waals surface area contributed by atoms with Crippen molar-refractivity contribution in [3.63, 3.8) is 0 Å². The maximum atomic E-state index is 12.7. The number of aliphatic hydroxyl groups is 8. The number of rotatable bonds is 12. The zero-order valence-electron chi connectivity index (χ0n) is 32.6. The van der Waals surface area contributed by atoms with E-state index in [1.54, 1.807) is 0 Å². The van der Waals surface area contributed by atoms with Gasteiger partial charge in [0.25, 0.3) is 0 Å². The first-order valence-electron chi connectivity index (χ1n) is 20.0. The topological polar surface area (TPSA) is 217 Å². The summed E-state index contributed by atoms with van der Waals surface area (Å²) in [5.41, 5.74) is -2.26. The minimum atomic E-state index is -1.31. The molecule has 0 bridgehead atoms. The molecule has 8 N–H and O–H groups in total. The van der Waals surface area contributed by atoms with E-state index in [2.05, 4.69) is 13.8 Å². The first-order valence-corrected chi connectivity index (χ1v) is 20.0. The Hall–Kier alpha value is -0.560. The highest BCUT2D eigenvalue weighted by molar-refractivity contribution is 5.21. The number of hydrogen-bond acceptors (Lipinski definition) is 14. The molecule has 14 heteroatoms. The monoisotopic (exact) mass is 760 g/mol. The molecule has 0 spiro atoms. The summed E-state index contributed by atoms with van der Waals surface area (Å²) < 4.78 is 35.4. The van der Waals surface area contributed by atoms with Crippen molar-refractivity contribution in [2.24, 2.45) is 46.3 Å². The third-order valence-corrected chi connectivity index (χ3v) is 15.2. The molecule has 4 aliphatic carbocycles. The van der Waals surface area contributed by atoms with Crippen LogP contribution in [0, 0.1) is 46.3 Å². The lowest BCUT2D eigenvalue weighted by Gasteiger charge is -2.66. The van der Waals surface area contributed by atoms with Crippen LogP contribution in [-0.4, -0.2) is 154 Å². The second-order valence-electron chi connectivity index (χ2n) is 18.3. The third kappa shape index (κ3) is 7.17. The molecule has 0 aromatic heterocycles. The molecule has 2 aliphatic heterocycles. The van der Waals surface area contributed by atoms with Gasteiger partial charge >= 0.3 is 0 Å². The molecule has 0 unspecified atom stereocenters. The van der Waals surface area contributed by atoms with Crippen LogP contribution in [-0.2, 0) is 28.4 Å². The Morgan fingerprint density at radius 3 is 2.13 bits per heavy atom. The smallest absolute Gasteiger partial charge is 0.187 e. The van der Waals surface area contributed by atoms with Crippen molar-refractivity contribution in [1.82, 2.24) is 0 Å². The van der Waals surface area contributed by atoms with Gasteiger partial charge in [0.2, 0.25) is 0 Å². The second-order valence-corrected chi connectivity index (χ2v) is 18.3. The fraction of sp³-hybridized carbons (Fsp3) is 1.00. The molecular formula is C39H68O14. The molecular weight excluding hydrogens is 692 g/mol. The van der Waals surface area contributed by atoms with Crippen LogP contribution in [0.25, 0.3) is 0 Å². The average Bonchev–Trinajstić information content (AvgIpc) is 3.55. The van der Waals surface area contributed by atoms with E-state index in [-0.39, 0.29) is 48.2 Å². The molecule has 53 heavy (non-hydrogen) atoms. The standard InChI is InChI=1S/C39H68O14/c1-18(2)24(51-36-33(30(45)25(16-40)52-36)53-35-32(49-7)31(46)26(48-6)17-50-35)9-8-19(3)20-14-22(42)34-37(20,4)13-11-27-38(5)12-10-21(41)29(44)28(38)23(43)15-39(27,34)47/h18-36,40-47H,8-17H2,1-7H3/t19-,20-,21+,22-,23+,24+,25+,26-,27-,28+,29+,30-,31+,32-,33-,34-,35+,36+,37-,38-,39+/m1/s1. The van der Waals surface area contributed by atoms with Crippen molar-refractivity contribution in [3.8, 4) is 0 Å².